The molecule has 17 nitrogen and oxygen atoms in total. The number of hydrogen-bond donors (Lipinski definition) is 3. The predicted molar refractivity (Wildman–Crippen MR) is 229 cm³/mol. The van der Waals surface area contributed by atoms with Gasteiger partial charge in [-0.15, -0.1) is 0 Å². The quantitative estimate of drug-likeness (QED) is 0.267. The number of likely N-dealkylation sites (N-methyl/N-ethyl adjacent to an activating group) is 1. The van der Waals surface area contributed by atoms with Gasteiger partial charge in [-0.2, -0.15) is 0 Å². The van der Waals surface area contributed by atoms with Gasteiger partial charge in [-0.05, 0) is 106 Å². The van der Waals surface area contributed by atoms with Crippen LogP contribution in [0.1, 0.15) is 101 Å². The standard InChI is InChI=1S/C45H53N11O6/c1-44(16-19-52(20-17-44)31-24-54(25-31)29-10-11-32-33(21-29)42(61)56(41(32)60)34-12-13-36(57)50-40(34)59)27-6-8-28(9-7-27)48-39-37(38(46)58)47-22-35(49-39)53-18-3-5-30(23-53)55-26-45(14-4-15-45)51(2)43(55)62/h6-11,21-22,30-31,34H,3-5,12-20,23-26H2,1-2H3,(H2,46,58)(H,48,49)(H,50,57,59). The predicted octanol–water partition coefficient (Wildman–Crippen LogP) is 3.22. The number of carbonyl (C=O) groups excluding carboxylic acids is 6. The lowest BCUT2D eigenvalue weighted by Crippen LogP contribution is -2.61. The number of anilines is 4. The number of piperidine rings is 3. The number of nitrogens with two attached hydrogens (primary N) is 1. The zero-order chi connectivity index (χ0) is 43.1. The summed E-state index contributed by atoms with van der Waals surface area (Å²) in [4.78, 5) is 97.7. The average Bonchev–Trinajstić information content (AvgIpc) is 3.65. The normalized spacial score (nSPS) is 24.9. The van der Waals surface area contributed by atoms with E-state index in [9.17, 15) is 28.8 Å². The minimum absolute atomic E-state index is 0.0148. The third kappa shape index (κ3) is 6.71. The molecule has 5 saturated heterocycles. The third-order valence-electron chi connectivity index (χ3n) is 15.1. The molecule has 4 N–H and O–H groups in total. The zero-order valence-electron chi connectivity index (χ0n) is 35.3. The van der Waals surface area contributed by atoms with Crippen molar-refractivity contribution in [3.63, 3.8) is 0 Å². The minimum atomic E-state index is -0.984. The van der Waals surface area contributed by atoms with Crippen LogP contribution in [-0.4, -0.2) is 142 Å². The summed E-state index contributed by atoms with van der Waals surface area (Å²) < 4.78 is 0. The number of imide groups is 2. The van der Waals surface area contributed by atoms with Crippen LogP contribution in [0.2, 0.25) is 0 Å². The van der Waals surface area contributed by atoms with Gasteiger partial charge < -0.3 is 30.7 Å². The van der Waals surface area contributed by atoms with Gasteiger partial charge in [0.05, 0.1) is 28.9 Å². The Morgan fingerprint density at radius 3 is 2.26 bits per heavy atom. The first kappa shape index (κ1) is 40.0. The smallest absolute Gasteiger partial charge is 0.320 e. The molecule has 1 saturated carbocycles. The van der Waals surface area contributed by atoms with Gasteiger partial charge in [0.25, 0.3) is 17.7 Å². The fourth-order valence-electron chi connectivity index (χ4n) is 10.8. The molecule has 6 fully saturated rings. The van der Waals surface area contributed by atoms with Crippen LogP contribution < -0.4 is 26.2 Å². The number of carbonyl (C=O) groups is 6. The summed E-state index contributed by atoms with van der Waals surface area (Å²) in [6.07, 6.45) is 8.93. The third-order valence-corrected chi connectivity index (χ3v) is 15.1. The first-order valence-corrected chi connectivity index (χ1v) is 22.0. The van der Waals surface area contributed by atoms with Crippen molar-refractivity contribution in [3.05, 3.63) is 71.0 Å². The first-order chi connectivity index (χ1) is 29.8. The maximum atomic E-state index is 13.4. The summed E-state index contributed by atoms with van der Waals surface area (Å²) in [7, 11) is 1.94. The van der Waals surface area contributed by atoms with E-state index < -0.39 is 35.6 Å². The number of urea groups is 1. The number of rotatable bonds is 9. The summed E-state index contributed by atoms with van der Waals surface area (Å²) in [5.74, 6) is -1.73. The second-order valence-electron chi connectivity index (χ2n) is 18.6. The molecule has 3 aromatic rings. The van der Waals surface area contributed by atoms with Crippen LogP contribution in [0.4, 0.5) is 27.8 Å². The zero-order valence-corrected chi connectivity index (χ0v) is 35.3. The Labute approximate surface area is 359 Å². The van der Waals surface area contributed by atoms with Crippen LogP contribution in [0.3, 0.4) is 0 Å². The van der Waals surface area contributed by atoms with Crippen molar-refractivity contribution >= 4 is 58.6 Å². The number of benzene rings is 2. The van der Waals surface area contributed by atoms with E-state index in [1.165, 1.54) is 5.56 Å². The lowest BCUT2D eigenvalue weighted by molar-refractivity contribution is -0.136. The maximum absolute atomic E-state index is 13.4. The first-order valence-electron chi connectivity index (χ1n) is 22.0. The summed E-state index contributed by atoms with van der Waals surface area (Å²) in [6, 6.07) is 13.2. The van der Waals surface area contributed by atoms with Gasteiger partial charge in [-0.3, -0.25) is 39.1 Å². The van der Waals surface area contributed by atoms with E-state index in [-0.39, 0.29) is 47.1 Å². The fourth-order valence-corrected chi connectivity index (χ4v) is 10.8. The van der Waals surface area contributed by atoms with Gasteiger partial charge >= 0.3 is 6.03 Å². The molecule has 1 spiro atoms. The molecule has 7 aliphatic rings. The van der Waals surface area contributed by atoms with E-state index in [2.05, 4.69) is 54.3 Å². The number of nitrogens with one attached hydrogen (secondary N) is 2. The molecule has 7 amide bonds. The van der Waals surface area contributed by atoms with E-state index in [0.717, 1.165) is 100 Å². The van der Waals surface area contributed by atoms with Gasteiger partial charge in [-0.1, -0.05) is 19.1 Å². The highest BCUT2D eigenvalue weighted by Gasteiger charge is 2.53. The number of nitrogens with zero attached hydrogens (tertiary/aromatic N) is 8. The van der Waals surface area contributed by atoms with Crippen molar-refractivity contribution in [1.29, 1.82) is 0 Å². The highest BCUT2D eigenvalue weighted by molar-refractivity contribution is 6.23. The van der Waals surface area contributed by atoms with Crippen molar-refractivity contribution in [3.8, 4) is 0 Å². The summed E-state index contributed by atoms with van der Waals surface area (Å²) >= 11 is 0. The Morgan fingerprint density at radius 2 is 1.58 bits per heavy atom. The lowest BCUT2D eigenvalue weighted by Gasteiger charge is -2.50. The number of amides is 7. The Hall–Kier alpha value is -6.10. The molecule has 1 aliphatic carbocycles. The highest BCUT2D eigenvalue weighted by Crippen LogP contribution is 2.44. The van der Waals surface area contributed by atoms with Crippen molar-refractivity contribution < 1.29 is 28.8 Å². The van der Waals surface area contributed by atoms with Crippen molar-refractivity contribution in [2.75, 3.05) is 68.0 Å². The SMILES string of the molecule is CN1C(=O)N(C2CCCN(c3cnc(C(N)=O)c(Nc4ccc(C5(C)CCN(C6CN(c7ccc8c(c7)C(=O)N(C7CCC(=O)NC7=O)C8=O)C6)CC5)cc4)n3)C2)CC12CCC2. The molecular weight excluding hydrogens is 791 g/mol. The average molecular weight is 844 g/mol. The van der Waals surface area contributed by atoms with Crippen molar-refractivity contribution in [1.82, 2.24) is 34.9 Å². The van der Waals surface area contributed by atoms with Gasteiger partial charge in [0.2, 0.25) is 11.8 Å². The molecule has 2 aromatic carbocycles. The van der Waals surface area contributed by atoms with Crippen LogP contribution >= 0.6 is 0 Å². The lowest BCUT2D eigenvalue weighted by atomic mass is 9.74. The summed E-state index contributed by atoms with van der Waals surface area (Å²) in [6.45, 7) is 8.02. The second kappa shape index (κ2) is 15.1. The molecule has 1 aromatic heterocycles. The summed E-state index contributed by atoms with van der Waals surface area (Å²) in [5, 5.41) is 5.57. The van der Waals surface area contributed by atoms with Gasteiger partial charge in [0.15, 0.2) is 11.5 Å². The number of primary amides is 1. The van der Waals surface area contributed by atoms with E-state index >= 15 is 0 Å². The molecular formula is C45H53N11O6. The van der Waals surface area contributed by atoms with E-state index in [1.807, 2.05) is 30.1 Å². The number of hydrogen-bond acceptors (Lipinski definition) is 12. The summed E-state index contributed by atoms with van der Waals surface area (Å²) in [5.41, 5.74) is 9.26. The molecule has 0 bridgehead atoms. The van der Waals surface area contributed by atoms with Crippen LogP contribution in [0.15, 0.2) is 48.7 Å². The molecule has 2 atom stereocenters. The molecule has 0 radical (unpaired) electrons. The number of fused-ring (bicyclic) bond motifs is 1. The second-order valence-corrected chi connectivity index (χ2v) is 18.6. The molecule has 17 heteroatoms. The van der Waals surface area contributed by atoms with Gasteiger partial charge in [-0.25, -0.2) is 14.8 Å². The van der Waals surface area contributed by atoms with E-state index in [1.54, 1.807) is 18.3 Å². The van der Waals surface area contributed by atoms with Gasteiger partial charge in [0.1, 0.15) is 11.9 Å². The van der Waals surface area contributed by atoms with Crippen molar-refractivity contribution in [2.24, 2.45) is 5.73 Å². The van der Waals surface area contributed by atoms with Crippen molar-refractivity contribution in [2.45, 2.75) is 93.8 Å². The molecule has 324 valence electrons. The molecule has 10 rings (SSSR count). The largest absolute Gasteiger partial charge is 0.368 e. The molecule has 62 heavy (non-hydrogen) atoms. The fraction of sp³-hybridized carbons (Fsp3) is 0.511. The van der Waals surface area contributed by atoms with E-state index in [4.69, 9.17) is 10.7 Å². The van der Waals surface area contributed by atoms with Gasteiger partial charge in [0, 0.05) is 63.6 Å². The number of likely N-dealkylation sites (tertiary alicyclic amines) is 1. The van der Waals surface area contributed by atoms with Crippen LogP contribution in [0.5, 0.6) is 0 Å². The van der Waals surface area contributed by atoms with Crippen LogP contribution in [-0.2, 0) is 15.0 Å². The van der Waals surface area contributed by atoms with Crippen LogP contribution in [0.25, 0.3) is 0 Å². The Kier molecular flexibility index (Phi) is 9.72. The Bertz CT molecular complexity index is 2370. The number of aromatic nitrogens is 2. The van der Waals surface area contributed by atoms with E-state index in [0.29, 0.717) is 29.8 Å². The van der Waals surface area contributed by atoms with Crippen LogP contribution in [0, 0.1) is 0 Å². The minimum Gasteiger partial charge on any atom is -0.368 e. The Morgan fingerprint density at radius 1 is 0.855 bits per heavy atom. The molecule has 7 heterocycles. The maximum Gasteiger partial charge on any atom is 0.320 e. The Balaban J connectivity index is 0.744. The monoisotopic (exact) mass is 843 g/mol. The topological polar surface area (TPSA) is 198 Å². The highest BCUT2D eigenvalue weighted by atomic mass is 16.2. The molecule has 6 aliphatic heterocycles. The molecule has 2 unspecified atom stereocenters.